The van der Waals surface area contributed by atoms with Crippen LogP contribution in [0.4, 0.5) is 0 Å². The van der Waals surface area contributed by atoms with Crippen LogP contribution < -0.4 is 10.1 Å². The molecule has 172 valence electrons. The molecule has 0 spiro atoms. The van der Waals surface area contributed by atoms with E-state index in [-0.39, 0.29) is 17.9 Å². The fourth-order valence-corrected chi connectivity index (χ4v) is 4.26. The van der Waals surface area contributed by atoms with Gasteiger partial charge in [0, 0.05) is 43.8 Å². The predicted octanol–water partition coefficient (Wildman–Crippen LogP) is 3.20. The maximum atomic E-state index is 12.6. The fourth-order valence-electron chi connectivity index (χ4n) is 3.66. The normalized spacial score (nSPS) is 14.5. The summed E-state index contributed by atoms with van der Waals surface area (Å²) in [7, 11) is 1.78. The van der Waals surface area contributed by atoms with E-state index in [1.165, 1.54) is 0 Å². The van der Waals surface area contributed by atoms with E-state index in [4.69, 9.17) is 4.74 Å². The second-order valence-electron chi connectivity index (χ2n) is 8.03. The molecular formula is C24H27N5O3S. The van der Waals surface area contributed by atoms with Crippen molar-refractivity contribution in [3.63, 3.8) is 0 Å². The van der Waals surface area contributed by atoms with Crippen molar-refractivity contribution < 1.29 is 14.3 Å². The van der Waals surface area contributed by atoms with Gasteiger partial charge in [-0.25, -0.2) is 4.98 Å². The molecule has 3 aromatic rings. The van der Waals surface area contributed by atoms with Gasteiger partial charge >= 0.3 is 0 Å². The Kier molecular flexibility index (Phi) is 7.19. The van der Waals surface area contributed by atoms with Gasteiger partial charge < -0.3 is 15.0 Å². The highest BCUT2D eigenvalue weighted by atomic mass is 32.1. The molecule has 1 N–H and O–H groups in total. The number of nitrogens with one attached hydrogen (secondary N) is 1. The number of piperidine rings is 1. The van der Waals surface area contributed by atoms with Gasteiger partial charge in [-0.05, 0) is 43.5 Å². The van der Waals surface area contributed by atoms with Crippen LogP contribution in [0.1, 0.15) is 39.5 Å². The second kappa shape index (κ2) is 10.4. The summed E-state index contributed by atoms with van der Waals surface area (Å²) < 4.78 is 7.42. The number of nitrogens with zero attached hydrogens (tertiary/aromatic N) is 4. The van der Waals surface area contributed by atoms with Crippen LogP contribution >= 0.6 is 11.3 Å². The number of carbonyl (C=O) groups excluding carboxylic acids is 2. The van der Waals surface area contributed by atoms with Gasteiger partial charge in [0.2, 0.25) is 5.91 Å². The summed E-state index contributed by atoms with van der Waals surface area (Å²) in [6, 6.07) is 7.69. The fraction of sp³-hybridized carbons (Fsp3) is 0.333. The first-order valence-electron chi connectivity index (χ1n) is 10.9. The van der Waals surface area contributed by atoms with E-state index >= 15 is 0 Å². The lowest BCUT2D eigenvalue weighted by molar-refractivity contribution is -0.126. The maximum absolute atomic E-state index is 12.6. The Bertz CT molecular complexity index is 1140. The van der Waals surface area contributed by atoms with Crippen LogP contribution in [0.15, 0.2) is 48.1 Å². The number of hydrogen-bond donors (Lipinski definition) is 1. The third kappa shape index (κ3) is 6.29. The summed E-state index contributed by atoms with van der Waals surface area (Å²) in [4.78, 5) is 31.1. The van der Waals surface area contributed by atoms with Crippen LogP contribution in [0.25, 0.3) is 6.08 Å². The van der Waals surface area contributed by atoms with Crippen molar-refractivity contribution in [1.29, 1.82) is 0 Å². The van der Waals surface area contributed by atoms with Crippen LogP contribution in [0.5, 0.6) is 5.75 Å². The molecule has 0 radical (unpaired) electrons. The number of rotatable bonds is 7. The third-order valence-corrected chi connectivity index (χ3v) is 6.26. The molecule has 2 amide bonds. The smallest absolute Gasteiger partial charge is 0.254 e. The summed E-state index contributed by atoms with van der Waals surface area (Å²) in [5.41, 5.74) is 2.36. The molecule has 0 aliphatic carbocycles. The van der Waals surface area contributed by atoms with Gasteiger partial charge in [-0.1, -0.05) is 12.1 Å². The van der Waals surface area contributed by atoms with Gasteiger partial charge in [0.1, 0.15) is 12.4 Å². The Hall–Kier alpha value is -3.46. The minimum absolute atomic E-state index is 0.0312. The summed E-state index contributed by atoms with van der Waals surface area (Å²) in [5.74, 6) is 0.580. The molecule has 3 heterocycles. The lowest BCUT2D eigenvalue weighted by atomic mass is 10.0. The quantitative estimate of drug-likeness (QED) is 0.542. The van der Waals surface area contributed by atoms with Crippen molar-refractivity contribution in [2.24, 2.45) is 7.05 Å². The Morgan fingerprint density at radius 2 is 2.12 bits per heavy atom. The number of benzene rings is 1. The molecule has 4 rings (SSSR count). The highest BCUT2D eigenvalue weighted by Gasteiger charge is 2.23. The summed E-state index contributed by atoms with van der Waals surface area (Å²) in [6.07, 6.45) is 8.10. The van der Waals surface area contributed by atoms with E-state index in [9.17, 15) is 9.59 Å². The zero-order chi connectivity index (χ0) is 23.2. The molecular weight excluding hydrogens is 438 g/mol. The van der Waals surface area contributed by atoms with Crippen molar-refractivity contribution in [2.75, 3.05) is 13.1 Å². The van der Waals surface area contributed by atoms with Gasteiger partial charge in [0.15, 0.2) is 0 Å². The van der Waals surface area contributed by atoms with Crippen molar-refractivity contribution in [1.82, 2.24) is 25.0 Å². The molecule has 2 aromatic heterocycles. The molecule has 1 saturated heterocycles. The molecule has 33 heavy (non-hydrogen) atoms. The van der Waals surface area contributed by atoms with Crippen LogP contribution in [0.2, 0.25) is 0 Å². The molecule has 0 bridgehead atoms. The lowest BCUT2D eigenvalue weighted by Gasteiger charge is -2.31. The van der Waals surface area contributed by atoms with Gasteiger partial charge in [0.25, 0.3) is 5.91 Å². The van der Waals surface area contributed by atoms with Gasteiger partial charge in [0.05, 0.1) is 22.5 Å². The zero-order valence-electron chi connectivity index (χ0n) is 18.7. The van der Waals surface area contributed by atoms with Crippen LogP contribution in [-0.4, -0.2) is 50.6 Å². The molecule has 0 unspecified atom stereocenters. The number of likely N-dealkylation sites (tertiary alicyclic amines) is 1. The number of ether oxygens (including phenoxy) is 1. The van der Waals surface area contributed by atoms with Crippen LogP contribution in [0, 0.1) is 6.92 Å². The van der Waals surface area contributed by atoms with Gasteiger partial charge in [-0.15, -0.1) is 11.3 Å². The van der Waals surface area contributed by atoms with E-state index < -0.39 is 0 Å². The standard InChI is InChI=1S/C24H27N5O3S/c1-17-26-21(16-33-17)15-32-22-5-3-4-18(12-22)6-7-23(30)29-10-8-20(9-11-29)27-24(31)19-13-25-28(2)14-19/h3-7,12-14,16,20H,8-11,15H2,1-2H3,(H,27,31)/b7-6+. The average molecular weight is 466 g/mol. The number of hydrogen-bond acceptors (Lipinski definition) is 6. The molecule has 1 fully saturated rings. The maximum Gasteiger partial charge on any atom is 0.254 e. The molecule has 0 saturated carbocycles. The topological polar surface area (TPSA) is 89.3 Å². The predicted molar refractivity (Wildman–Crippen MR) is 127 cm³/mol. The largest absolute Gasteiger partial charge is 0.487 e. The van der Waals surface area contributed by atoms with E-state index in [1.54, 1.807) is 47.6 Å². The molecule has 9 heteroatoms. The number of thiazole rings is 1. The summed E-state index contributed by atoms with van der Waals surface area (Å²) in [6.45, 7) is 3.61. The van der Waals surface area contributed by atoms with Crippen LogP contribution in [0.3, 0.4) is 0 Å². The van der Waals surface area contributed by atoms with Crippen molar-refractivity contribution in [2.45, 2.75) is 32.4 Å². The summed E-state index contributed by atoms with van der Waals surface area (Å²) >= 11 is 1.60. The minimum atomic E-state index is -0.125. The van der Waals surface area contributed by atoms with E-state index in [0.717, 1.165) is 34.9 Å². The monoisotopic (exact) mass is 465 g/mol. The van der Waals surface area contributed by atoms with E-state index in [0.29, 0.717) is 25.3 Å². The lowest BCUT2D eigenvalue weighted by Crippen LogP contribution is -2.46. The molecule has 1 aliphatic heterocycles. The van der Waals surface area contributed by atoms with Crippen molar-refractivity contribution in [3.05, 3.63) is 69.9 Å². The molecule has 8 nitrogen and oxygen atoms in total. The van der Waals surface area contributed by atoms with E-state index in [1.807, 2.05) is 41.5 Å². The second-order valence-corrected chi connectivity index (χ2v) is 9.09. The first-order chi connectivity index (χ1) is 16.0. The highest BCUT2D eigenvalue weighted by molar-refractivity contribution is 7.09. The molecule has 0 atom stereocenters. The SMILES string of the molecule is Cc1nc(COc2cccc(/C=C/C(=O)N3CCC(NC(=O)c4cnn(C)c4)CC3)c2)cs1. The summed E-state index contributed by atoms with van der Waals surface area (Å²) in [5, 5.41) is 10.1. The van der Waals surface area contributed by atoms with Crippen molar-refractivity contribution in [3.8, 4) is 5.75 Å². The first-order valence-corrected chi connectivity index (χ1v) is 11.7. The Morgan fingerprint density at radius 1 is 1.30 bits per heavy atom. The zero-order valence-corrected chi connectivity index (χ0v) is 19.5. The average Bonchev–Trinajstić information content (AvgIpc) is 3.45. The van der Waals surface area contributed by atoms with Crippen LogP contribution in [-0.2, 0) is 18.4 Å². The molecule has 1 aromatic carbocycles. The van der Waals surface area contributed by atoms with Crippen molar-refractivity contribution >= 4 is 29.2 Å². The number of aromatic nitrogens is 3. The van der Waals surface area contributed by atoms with Gasteiger partial charge in [-0.3, -0.25) is 14.3 Å². The third-order valence-electron chi connectivity index (χ3n) is 5.44. The molecule has 1 aliphatic rings. The first kappa shape index (κ1) is 22.7. The van der Waals surface area contributed by atoms with Gasteiger partial charge in [-0.2, -0.15) is 5.10 Å². The number of amides is 2. The minimum Gasteiger partial charge on any atom is -0.487 e. The Balaban J connectivity index is 1.24. The highest BCUT2D eigenvalue weighted by Crippen LogP contribution is 2.18. The number of aryl methyl sites for hydroxylation is 2. The van der Waals surface area contributed by atoms with E-state index in [2.05, 4.69) is 15.4 Å². The number of carbonyl (C=O) groups is 2. The Labute approximate surface area is 196 Å². The Morgan fingerprint density at radius 3 is 2.82 bits per heavy atom.